The molecule has 0 bridgehead atoms. The first-order valence-corrected chi connectivity index (χ1v) is 13.6. The first kappa shape index (κ1) is 27.3. The van der Waals surface area contributed by atoms with Crippen LogP contribution in [-0.4, -0.2) is 4.57 Å². The summed E-state index contributed by atoms with van der Waals surface area (Å²) in [5.41, 5.74) is 2.92. The van der Waals surface area contributed by atoms with E-state index in [9.17, 15) is 0 Å². The molecule has 0 N–H and O–H groups in total. The van der Waals surface area contributed by atoms with Gasteiger partial charge in [0.05, 0.1) is 6.61 Å². The Bertz CT molecular complexity index is 1310. The van der Waals surface area contributed by atoms with Crippen molar-refractivity contribution in [2.45, 2.75) is 45.1 Å². The summed E-state index contributed by atoms with van der Waals surface area (Å²) >= 11 is 31.3. The molecule has 3 aromatic carbocycles. The molecule has 1 heterocycles. The van der Waals surface area contributed by atoms with Crippen molar-refractivity contribution in [2.75, 3.05) is 0 Å². The average Bonchev–Trinajstić information content (AvgIpc) is 3.30. The normalized spacial score (nSPS) is 13.1. The number of halogens is 5. The van der Waals surface area contributed by atoms with E-state index >= 15 is 0 Å². The third-order valence-electron chi connectivity index (χ3n) is 6.03. The first-order chi connectivity index (χ1) is 17.3. The molecule has 0 spiro atoms. The molecule has 0 radical (unpaired) electrons. The molecule has 0 aliphatic heterocycles. The Morgan fingerprint density at radius 3 is 2.17 bits per heavy atom. The second-order valence-corrected chi connectivity index (χ2v) is 10.7. The lowest BCUT2D eigenvalue weighted by molar-refractivity contribution is -0.705. The number of hydrogen-bond acceptors (Lipinski definition) is 1. The summed E-state index contributed by atoms with van der Waals surface area (Å²) in [6, 6.07) is 19.1. The van der Waals surface area contributed by atoms with Crippen LogP contribution in [0.4, 0.5) is 0 Å². The zero-order valence-corrected chi connectivity index (χ0v) is 23.5. The molecule has 8 heteroatoms. The van der Waals surface area contributed by atoms with Gasteiger partial charge in [-0.25, -0.2) is 9.13 Å². The van der Waals surface area contributed by atoms with Gasteiger partial charge in [-0.2, -0.15) is 0 Å². The number of aromatic nitrogens is 2. The van der Waals surface area contributed by atoms with Crippen LogP contribution in [0.5, 0.6) is 0 Å². The standard InChI is InChI=1S/C28H26Cl5N2O/c1-2-3-27(19-4-7-21(29)8-5-19)35-13-12-34(18-35)16-28(24-11-10-23(31)15-26(24)33)36-17-20-6-9-22(30)14-25(20)32/h4-15,18,27-28H,2-3,16-17H2,1H3/q+1. The molecule has 0 amide bonds. The summed E-state index contributed by atoms with van der Waals surface area (Å²) in [5.74, 6) is 0. The lowest BCUT2D eigenvalue weighted by Crippen LogP contribution is -2.36. The summed E-state index contributed by atoms with van der Waals surface area (Å²) < 4.78 is 10.7. The van der Waals surface area contributed by atoms with Gasteiger partial charge in [0, 0.05) is 30.7 Å². The van der Waals surface area contributed by atoms with Crippen LogP contribution in [0, 0.1) is 0 Å². The van der Waals surface area contributed by atoms with Crippen LogP contribution in [-0.2, 0) is 17.9 Å². The summed E-state index contributed by atoms with van der Waals surface area (Å²) in [6.07, 6.45) is 7.97. The van der Waals surface area contributed by atoms with Gasteiger partial charge in [-0.15, -0.1) is 0 Å². The van der Waals surface area contributed by atoms with Crippen LogP contribution in [0.3, 0.4) is 0 Å². The Balaban J connectivity index is 1.59. The van der Waals surface area contributed by atoms with E-state index in [4.69, 9.17) is 62.7 Å². The lowest BCUT2D eigenvalue weighted by Gasteiger charge is -2.19. The van der Waals surface area contributed by atoms with Crippen LogP contribution in [0.2, 0.25) is 25.1 Å². The SMILES string of the molecule is CCCC(c1ccc(Cl)cc1)n1cc[n+](CC(OCc2ccc(Cl)cc2Cl)c2ccc(Cl)cc2Cl)c1. The second kappa shape index (κ2) is 12.7. The van der Waals surface area contributed by atoms with Gasteiger partial charge in [-0.3, -0.25) is 0 Å². The van der Waals surface area contributed by atoms with E-state index in [0.717, 1.165) is 29.0 Å². The van der Waals surface area contributed by atoms with Gasteiger partial charge in [0.1, 0.15) is 31.1 Å². The minimum atomic E-state index is -0.331. The summed E-state index contributed by atoms with van der Waals surface area (Å²) in [7, 11) is 0. The van der Waals surface area contributed by atoms with Crippen molar-refractivity contribution < 1.29 is 9.30 Å². The highest BCUT2D eigenvalue weighted by atomic mass is 35.5. The summed E-state index contributed by atoms with van der Waals surface area (Å²) in [5, 5.41) is 3.01. The highest BCUT2D eigenvalue weighted by Crippen LogP contribution is 2.31. The zero-order chi connectivity index (χ0) is 25.7. The van der Waals surface area contributed by atoms with Gasteiger partial charge in [0.2, 0.25) is 6.33 Å². The molecule has 4 aromatic rings. The smallest absolute Gasteiger partial charge is 0.244 e. The highest BCUT2D eigenvalue weighted by Gasteiger charge is 2.23. The molecular weight excluding hydrogens is 558 g/mol. The Labute approximate surface area is 237 Å². The Morgan fingerprint density at radius 2 is 1.50 bits per heavy atom. The molecule has 2 atom stereocenters. The van der Waals surface area contributed by atoms with Gasteiger partial charge < -0.3 is 4.74 Å². The minimum Gasteiger partial charge on any atom is -0.365 e. The van der Waals surface area contributed by atoms with Crippen molar-refractivity contribution in [2.24, 2.45) is 0 Å². The summed E-state index contributed by atoms with van der Waals surface area (Å²) in [6.45, 7) is 3.05. The van der Waals surface area contributed by atoms with Crippen molar-refractivity contribution in [3.8, 4) is 0 Å². The lowest BCUT2D eigenvalue weighted by atomic mass is 10.0. The largest absolute Gasteiger partial charge is 0.365 e. The Hall–Kier alpha value is -1.72. The predicted octanol–water partition coefficient (Wildman–Crippen LogP) is 9.39. The van der Waals surface area contributed by atoms with Crippen molar-refractivity contribution in [1.82, 2.24) is 4.57 Å². The molecule has 0 saturated carbocycles. The minimum absolute atomic E-state index is 0.208. The Kier molecular flexibility index (Phi) is 9.63. The molecule has 2 unspecified atom stereocenters. The van der Waals surface area contributed by atoms with E-state index in [1.165, 1.54) is 5.56 Å². The van der Waals surface area contributed by atoms with Gasteiger partial charge in [0.25, 0.3) is 0 Å². The number of rotatable bonds is 10. The van der Waals surface area contributed by atoms with Crippen molar-refractivity contribution in [1.29, 1.82) is 0 Å². The number of benzene rings is 3. The molecule has 0 fully saturated rings. The third kappa shape index (κ3) is 6.98. The monoisotopic (exact) mass is 581 g/mol. The van der Waals surface area contributed by atoms with Gasteiger partial charge >= 0.3 is 0 Å². The van der Waals surface area contributed by atoms with Crippen LogP contribution in [0.15, 0.2) is 79.4 Å². The van der Waals surface area contributed by atoms with Crippen LogP contribution in [0.25, 0.3) is 0 Å². The van der Waals surface area contributed by atoms with E-state index in [1.54, 1.807) is 18.2 Å². The fourth-order valence-electron chi connectivity index (χ4n) is 4.17. The van der Waals surface area contributed by atoms with Gasteiger partial charge in [0.15, 0.2) is 0 Å². The Morgan fingerprint density at radius 1 is 0.833 bits per heavy atom. The molecule has 1 aromatic heterocycles. The van der Waals surface area contributed by atoms with Crippen molar-refractivity contribution >= 4 is 58.0 Å². The third-order valence-corrected chi connectivity index (χ3v) is 7.43. The molecule has 0 aliphatic rings. The maximum Gasteiger partial charge on any atom is 0.244 e. The second-order valence-electron chi connectivity index (χ2n) is 8.61. The molecule has 4 rings (SSSR count). The molecule has 0 saturated heterocycles. The van der Waals surface area contributed by atoms with E-state index < -0.39 is 0 Å². The van der Waals surface area contributed by atoms with Crippen LogP contribution >= 0.6 is 58.0 Å². The van der Waals surface area contributed by atoms with E-state index in [2.05, 4.69) is 40.7 Å². The highest BCUT2D eigenvalue weighted by molar-refractivity contribution is 6.35. The molecule has 36 heavy (non-hydrogen) atoms. The maximum atomic E-state index is 6.58. The zero-order valence-electron chi connectivity index (χ0n) is 19.7. The van der Waals surface area contributed by atoms with Crippen LogP contribution in [0.1, 0.15) is 48.6 Å². The average molecular weight is 584 g/mol. The topological polar surface area (TPSA) is 18.0 Å². The molecule has 188 valence electrons. The fraction of sp³-hybridized carbons (Fsp3) is 0.250. The molecule has 0 aliphatic carbocycles. The van der Waals surface area contributed by atoms with Crippen molar-refractivity contribution in [3.05, 3.63) is 121 Å². The van der Waals surface area contributed by atoms with Gasteiger partial charge in [-0.05, 0) is 53.9 Å². The van der Waals surface area contributed by atoms with Crippen LogP contribution < -0.4 is 4.57 Å². The maximum absolute atomic E-state index is 6.58. The number of nitrogens with zero attached hydrogens (tertiary/aromatic N) is 2. The molecule has 3 nitrogen and oxygen atoms in total. The van der Waals surface area contributed by atoms with E-state index in [1.807, 2.05) is 36.5 Å². The number of ether oxygens (including phenoxy) is 1. The van der Waals surface area contributed by atoms with E-state index in [0.29, 0.717) is 33.2 Å². The summed E-state index contributed by atoms with van der Waals surface area (Å²) in [4.78, 5) is 0. The first-order valence-electron chi connectivity index (χ1n) is 11.7. The predicted molar refractivity (Wildman–Crippen MR) is 150 cm³/mol. The molecular formula is C28H26Cl5N2O+. The quantitative estimate of drug-likeness (QED) is 0.170. The number of imidazole rings is 1. The van der Waals surface area contributed by atoms with Gasteiger partial charge in [-0.1, -0.05) is 95.6 Å². The van der Waals surface area contributed by atoms with Crippen molar-refractivity contribution in [3.63, 3.8) is 0 Å². The fourth-order valence-corrected chi connectivity index (χ4v) is 5.29. The van der Waals surface area contributed by atoms with E-state index in [-0.39, 0.29) is 12.1 Å². The number of hydrogen-bond donors (Lipinski definition) is 0.